The average molecular weight is 375 g/mol. The maximum absolute atomic E-state index is 12.8. The van der Waals surface area contributed by atoms with Crippen molar-refractivity contribution in [2.45, 2.75) is 51.1 Å². The van der Waals surface area contributed by atoms with Crippen LogP contribution in [-0.2, 0) is 11.3 Å². The number of aryl methyl sites for hydroxylation is 1. The Bertz CT molecular complexity index is 879. The molecule has 1 atom stereocenters. The molecule has 1 aliphatic carbocycles. The molecule has 0 spiro atoms. The molecule has 1 aliphatic heterocycles. The second-order valence-electron chi connectivity index (χ2n) is 7.37. The minimum absolute atomic E-state index is 0.0489. The van der Waals surface area contributed by atoms with Gasteiger partial charge in [-0.05, 0) is 32.6 Å². The highest BCUT2D eigenvalue weighted by Gasteiger charge is 2.35. The van der Waals surface area contributed by atoms with Gasteiger partial charge >= 0.3 is 5.69 Å². The summed E-state index contributed by atoms with van der Waals surface area (Å²) in [6.07, 6.45) is 3.80. The van der Waals surface area contributed by atoms with Crippen LogP contribution in [0.4, 0.5) is 0 Å². The first kappa shape index (κ1) is 18.0. The quantitative estimate of drug-likeness (QED) is 0.756. The standard InChI is InChI=1S/C18H25N5O4/c1-12-10-15(20-27-12)17(24)21-7-3-4-13(11-21)16-19-22(8-9-26-2)18(25)23(16)14-5-6-14/h10,13-14H,3-9,11H2,1-2H3. The highest BCUT2D eigenvalue weighted by Crippen LogP contribution is 2.37. The van der Waals surface area contributed by atoms with Gasteiger partial charge in [0.1, 0.15) is 11.6 Å². The largest absolute Gasteiger partial charge is 0.383 e. The number of nitrogens with zero attached hydrogens (tertiary/aromatic N) is 5. The van der Waals surface area contributed by atoms with Crippen molar-refractivity contribution in [2.24, 2.45) is 0 Å². The number of ether oxygens (including phenoxy) is 1. The van der Waals surface area contributed by atoms with E-state index in [4.69, 9.17) is 9.26 Å². The van der Waals surface area contributed by atoms with Gasteiger partial charge in [0.25, 0.3) is 5.91 Å². The summed E-state index contributed by atoms with van der Waals surface area (Å²) >= 11 is 0. The summed E-state index contributed by atoms with van der Waals surface area (Å²) in [5.41, 5.74) is 0.262. The van der Waals surface area contributed by atoms with Gasteiger partial charge in [0.2, 0.25) is 0 Å². The number of amides is 1. The molecule has 1 saturated heterocycles. The van der Waals surface area contributed by atoms with Crippen LogP contribution >= 0.6 is 0 Å². The van der Waals surface area contributed by atoms with E-state index in [0.717, 1.165) is 31.5 Å². The van der Waals surface area contributed by atoms with E-state index in [0.29, 0.717) is 37.7 Å². The summed E-state index contributed by atoms with van der Waals surface area (Å²) < 4.78 is 13.5. The molecule has 2 fully saturated rings. The minimum atomic E-state index is -0.129. The van der Waals surface area contributed by atoms with E-state index in [1.807, 2.05) is 4.57 Å². The topological polar surface area (TPSA) is 95.4 Å². The number of hydrogen-bond acceptors (Lipinski definition) is 6. The van der Waals surface area contributed by atoms with Gasteiger partial charge in [-0.25, -0.2) is 9.48 Å². The Morgan fingerprint density at radius 3 is 2.85 bits per heavy atom. The van der Waals surface area contributed by atoms with Crippen molar-refractivity contribution in [3.63, 3.8) is 0 Å². The fourth-order valence-corrected chi connectivity index (χ4v) is 3.72. The van der Waals surface area contributed by atoms with Crippen LogP contribution in [-0.4, -0.2) is 57.1 Å². The molecule has 2 aromatic rings. The number of aromatic nitrogens is 4. The first-order valence-corrected chi connectivity index (χ1v) is 9.49. The monoisotopic (exact) mass is 375 g/mol. The van der Waals surface area contributed by atoms with Crippen LogP contribution in [0.15, 0.2) is 15.4 Å². The molecule has 4 rings (SSSR count). The Labute approximate surface area is 156 Å². The summed E-state index contributed by atoms with van der Waals surface area (Å²) in [5, 5.41) is 8.46. The number of hydrogen-bond donors (Lipinski definition) is 0. The van der Waals surface area contributed by atoms with Gasteiger partial charge in [0.05, 0.1) is 13.2 Å². The van der Waals surface area contributed by atoms with Crippen molar-refractivity contribution in [2.75, 3.05) is 26.8 Å². The van der Waals surface area contributed by atoms with E-state index in [-0.39, 0.29) is 23.6 Å². The van der Waals surface area contributed by atoms with Crippen molar-refractivity contribution >= 4 is 5.91 Å². The lowest BCUT2D eigenvalue weighted by Crippen LogP contribution is -2.40. The van der Waals surface area contributed by atoms with Crippen LogP contribution < -0.4 is 5.69 Å². The Hall–Kier alpha value is -2.42. The maximum atomic E-state index is 12.8. The Kier molecular flexibility index (Phi) is 4.86. The van der Waals surface area contributed by atoms with Crippen LogP contribution in [0.2, 0.25) is 0 Å². The maximum Gasteiger partial charge on any atom is 0.346 e. The summed E-state index contributed by atoms with van der Waals surface area (Å²) in [6, 6.07) is 1.90. The normalized spacial score (nSPS) is 20.2. The molecule has 0 radical (unpaired) electrons. The van der Waals surface area contributed by atoms with Gasteiger partial charge in [-0.2, -0.15) is 5.10 Å². The molecule has 2 aliphatic rings. The zero-order valence-corrected chi connectivity index (χ0v) is 15.8. The van der Waals surface area contributed by atoms with Gasteiger partial charge in [0, 0.05) is 38.2 Å². The summed E-state index contributed by atoms with van der Waals surface area (Å²) in [5.74, 6) is 1.34. The second kappa shape index (κ2) is 7.30. The molecular formula is C18H25N5O4. The molecule has 1 saturated carbocycles. The number of methoxy groups -OCH3 is 1. The molecule has 0 bridgehead atoms. The zero-order valence-electron chi connectivity index (χ0n) is 15.8. The fourth-order valence-electron chi connectivity index (χ4n) is 3.72. The summed E-state index contributed by atoms with van der Waals surface area (Å²) in [4.78, 5) is 27.3. The lowest BCUT2D eigenvalue weighted by atomic mass is 9.96. The summed E-state index contributed by atoms with van der Waals surface area (Å²) in [6.45, 7) is 3.87. The van der Waals surface area contributed by atoms with Crippen LogP contribution in [0.5, 0.6) is 0 Å². The molecule has 3 heterocycles. The van der Waals surface area contributed by atoms with E-state index in [2.05, 4.69) is 10.3 Å². The Morgan fingerprint density at radius 1 is 1.37 bits per heavy atom. The zero-order chi connectivity index (χ0) is 19.0. The SMILES string of the molecule is COCCn1nc(C2CCCN(C(=O)c3cc(C)on3)C2)n(C2CC2)c1=O. The average Bonchev–Trinajstić information content (AvgIpc) is 3.33. The summed E-state index contributed by atoms with van der Waals surface area (Å²) in [7, 11) is 1.61. The van der Waals surface area contributed by atoms with Gasteiger partial charge in [-0.15, -0.1) is 0 Å². The van der Waals surface area contributed by atoms with Crippen LogP contribution in [0.1, 0.15) is 59.7 Å². The predicted octanol–water partition coefficient (Wildman–Crippen LogP) is 1.34. The molecule has 27 heavy (non-hydrogen) atoms. The van der Waals surface area contributed by atoms with E-state index >= 15 is 0 Å². The molecular weight excluding hydrogens is 350 g/mol. The van der Waals surface area contributed by atoms with Crippen molar-refractivity contribution in [1.82, 2.24) is 24.4 Å². The smallest absolute Gasteiger partial charge is 0.346 e. The van der Waals surface area contributed by atoms with E-state index < -0.39 is 0 Å². The van der Waals surface area contributed by atoms with Gasteiger partial charge in [0.15, 0.2) is 5.69 Å². The van der Waals surface area contributed by atoms with Crippen LogP contribution in [0.25, 0.3) is 0 Å². The first-order chi connectivity index (χ1) is 13.1. The third-order valence-electron chi connectivity index (χ3n) is 5.24. The lowest BCUT2D eigenvalue weighted by Gasteiger charge is -2.31. The van der Waals surface area contributed by atoms with Gasteiger partial charge < -0.3 is 14.2 Å². The highest BCUT2D eigenvalue weighted by atomic mass is 16.5. The lowest BCUT2D eigenvalue weighted by molar-refractivity contribution is 0.0692. The molecule has 9 nitrogen and oxygen atoms in total. The predicted molar refractivity (Wildman–Crippen MR) is 95.8 cm³/mol. The van der Waals surface area contributed by atoms with Crippen molar-refractivity contribution in [3.05, 3.63) is 33.8 Å². The van der Waals surface area contributed by atoms with Crippen molar-refractivity contribution < 1.29 is 14.1 Å². The highest BCUT2D eigenvalue weighted by molar-refractivity contribution is 5.92. The molecule has 1 unspecified atom stereocenters. The number of carbonyl (C=O) groups is 1. The number of rotatable bonds is 6. The van der Waals surface area contributed by atoms with E-state index in [1.165, 1.54) is 4.68 Å². The Morgan fingerprint density at radius 2 is 2.19 bits per heavy atom. The van der Waals surface area contributed by atoms with Gasteiger partial charge in [-0.3, -0.25) is 9.36 Å². The first-order valence-electron chi connectivity index (χ1n) is 9.49. The third kappa shape index (κ3) is 3.55. The molecule has 2 aromatic heterocycles. The third-order valence-corrected chi connectivity index (χ3v) is 5.24. The number of piperidine rings is 1. The minimum Gasteiger partial charge on any atom is -0.383 e. The van der Waals surface area contributed by atoms with Crippen LogP contribution in [0.3, 0.4) is 0 Å². The van der Waals surface area contributed by atoms with Crippen LogP contribution in [0, 0.1) is 6.92 Å². The molecule has 1 amide bonds. The van der Waals surface area contributed by atoms with Crippen molar-refractivity contribution in [3.8, 4) is 0 Å². The van der Waals surface area contributed by atoms with Crippen molar-refractivity contribution in [1.29, 1.82) is 0 Å². The van der Waals surface area contributed by atoms with E-state index in [9.17, 15) is 9.59 Å². The fraction of sp³-hybridized carbons (Fsp3) is 0.667. The Balaban J connectivity index is 1.57. The second-order valence-corrected chi connectivity index (χ2v) is 7.37. The molecule has 9 heteroatoms. The number of carbonyl (C=O) groups excluding carboxylic acids is 1. The van der Waals surface area contributed by atoms with Gasteiger partial charge in [-0.1, -0.05) is 5.16 Å². The van der Waals surface area contributed by atoms with E-state index in [1.54, 1.807) is 25.0 Å². The number of likely N-dealkylation sites (tertiary alicyclic amines) is 1. The molecule has 146 valence electrons. The molecule has 0 N–H and O–H groups in total. The molecule has 0 aromatic carbocycles.